The van der Waals surface area contributed by atoms with Crippen molar-refractivity contribution in [3.63, 3.8) is 0 Å². The predicted molar refractivity (Wildman–Crippen MR) is 254 cm³/mol. The number of benzene rings is 8. The smallest absolute Gasteiger partial charge is 0.170 e. The molecule has 0 unspecified atom stereocenters. The first-order chi connectivity index (χ1) is 31.3. The quantitative estimate of drug-likeness (QED) is 0.151. The summed E-state index contributed by atoms with van der Waals surface area (Å²) >= 11 is 0. The minimum atomic E-state index is 0.00674. The van der Waals surface area contributed by atoms with Gasteiger partial charge in [0.2, 0.25) is 0 Å². The van der Waals surface area contributed by atoms with Crippen LogP contribution in [-0.4, -0.2) is 30.1 Å². The molecule has 10 heteroatoms. The van der Waals surface area contributed by atoms with E-state index >= 15 is 0 Å². The Kier molecular flexibility index (Phi) is 11.7. The second-order valence-corrected chi connectivity index (χ2v) is 14.8. The van der Waals surface area contributed by atoms with Crippen LogP contribution >= 0.6 is 0 Å². The van der Waals surface area contributed by atoms with Crippen LogP contribution in [0.2, 0.25) is 0 Å². The van der Waals surface area contributed by atoms with Gasteiger partial charge in [-0.2, -0.15) is 0 Å². The maximum atomic E-state index is 11.5. The molecule has 0 radical (unpaired) electrons. The summed E-state index contributed by atoms with van der Waals surface area (Å²) < 4.78 is 25.9. The molecule has 1 heterocycles. The number of phenolic OH excluding ortho intramolecular Hbond substituents is 2. The molecule has 0 saturated carbocycles. The van der Waals surface area contributed by atoms with Crippen LogP contribution < -0.4 is 0 Å². The Bertz CT molecular complexity index is 3240. The minimum Gasteiger partial charge on any atom is -0.507 e. The minimum absolute atomic E-state index is 0.00674. The van der Waals surface area contributed by atoms with E-state index in [2.05, 4.69) is 0 Å². The number of hydrogen-bond acceptors (Lipinski definition) is 10. The third-order valence-corrected chi connectivity index (χ3v) is 10.0. The molecule has 9 rings (SSSR count). The van der Waals surface area contributed by atoms with E-state index in [1.165, 1.54) is 0 Å². The standard InChI is InChI=1S/C54H40N4O6/c1-35-27-37-31-55-41-15-3-7-19-45(41)61-49-23-11-13-25-51(49)63-47-21-9-5-17-43(47)57-33-39-29-36(2)30-40(54(39)60)34-58-44-18-6-10-22-48(44)64-52-26-14-12-24-50(52)62-46-20-8-4-16-42(46)56-32-38(28-35)53(37)59/h3-34,59-60H,1-2H3. The molecule has 8 aromatic carbocycles. The summed E-state index contributed by atoms with van der Waals surface area (Å²) in [6.07, 6.45) is 6.40. The van der Waals surface area contributed by atoms with Gasteiger partial charge in [0.05, 0.1) is 0 Å². The van der Waals surface area contributed by atoms with E-state index in [4.69, 9.17) is 37.6 Å². The number of aromatic nitrogens is 4. The monoisotopic (exact) mass is 840 g/mol. The van der Waals surface area contributed by atoms with Gasteiger partial charge in [-0.05, 0) is 122 Å². The Hall–Kier alpha value is -8.76. The zero-order valence-electron chi connectivity index (χ0n) is 34.8. The van der Waals surface area contributed by atoms with Gasteiger partial charge in [0.25, 0.3) is 0 Å². The van der Waals surface area contributed by atoms with Crippen molar-refractivity contribution in [1.29, 1.82) is 0 Å². The summed E-state index contributed by atoms with van der Waals surface area (Å²) in [5, 5.41) is 25.0. The largest absolute Gasteiger partial charge is 0.507 e. The lowest BCUT2D eigenvalue weighted by molar-refractivity contribution is 0.486. The van der Waals surface area contributed by atoms with E-state index in [1.807, 2.05) is 184 Å². The van der Waals surface area contributed by atoms with Crippen molar-refractivity contribution >= 4 is 88.3 Å². The highest BCUT2D eigenvalue weighted by Crippen LogP contribution is 2.28. The molecule has 4 bridgehead atoms. The van der Waals surface area contributed by atoms with Crippen molar-refractivity contribution in [2.45, 2.75) is 13.8 Å². The molecular weight excluding hydrogens is 801 g/mol. The molecule has 0 aliphatic carbocycles. The molecule has 0 aliphatic rings. The Morgan fingerprint density at radius 2 is 0.500 bits per heavy atom. The first-order valence-corrected chi connectivity index (χ1v) is 20.4. The highest BCUT2D eigenvalue weighted by atomic mass is 16.4. The number of aryl methyl sites for hydroxylation is 2. The molecule has 64 heavy (non-hydrogen) atoms. The van der Waals surface area contributed by atoms with Gasteiger partial charge in [0, 0.05) is 46.3 Å². The fourth-order valence-corrected chi connectivity index (χ4v) is 6.93. The number of phenols is 2. The Labute approximate surface area is 366 Å². The second-order valence-electron chi connectivity index (χ2n) is 14.8. The normalized spacial score (nSPS) is 10.8. The van der Waals surface area contributed by atoms with Crippen molar-refractivity contribution in [3.05, 3.63) is 206 Å². The Balaban J connectivity index is 1.38. The van der Waals surface area contributed by atoms with Crippen LogP contribution in [0.3, 0.4) is 0 Å². The molecule has 0 atom stereocenters. The summed E-state index contributed by atoms with van der Waals surface area (Å²) in [5.74, 6) is 0.0135. The maximum absolute atomic E-state index is 11.5. The van der Waals surface area contributed by atoms with E-state index in [1.54, 1.807) is 24.8 Å². The average Bonchev–Trinajstić information content (AvgIpc) is 3.31. The summed E-state index contributed by atoms with van der Waals surface area (Å²) in [4.78, 5) is 19.1. The molecule has 0 fully saturated rings. The number of nitrogens with zero attached hydrogens (tertiary/aromatic N) is 4. The molecule has 10 nitrogen and oxygen atoms in total. The van der Waals surface area contributed by atoms with Gasteiger partial charge < -0.3 is 27.9 Å². The Morgan fingerprint density at radius 1 is 0.297 bits per heavy atom. The lowest BCUT2D eigenvalue weighted by Crippen LogP contribution is -1.79. The van der Waals surface area contributed by atoms with Crippen molar-refractivity contribution in [2.24, 2.45) is 0 Å². The summed E-state index contributed by atoms with van der Waals surface area (Å²) in [5.41, 5.74) is 7.55. The van der Waals surface area contributed by atoms with E-state index in [9.17, 15) is 10.2 Å². The second kappa shape index (κ2) is 18.5. The molecule has 9 aromatic rings. The number of para-hydroxylation sites is 12. The molecule has 0 aliphatic heterocycles. The first-order valence-electron chi connectivity index (χ1n) is 20.4. The van der Waals surface area contributed by atoms with Crippen molar-refractivity contribution in [2.75, 3.05) is 0 Å². The van der Waals surface area contributed by atoms with Crippen LogP contribution in [-0.2, 0) is 0 Å². The summed E-state index contributed by atoms with van der Waals surface area (Å²) in [7, 11) is 0. The number of fused-ring (bicyclic) bond motifs is 10. The highest BCUT2D eigenvalue weighted by molar-refractivity contribution is 5.84. The van der Waals surface area contributed by atoms with Crippen molar-refractivity contribution in [1.82, 2.24) is 19.9 Å². The van der Waals surface area contributed by atoms with Gasteiger partial charge in [-0.3, -0.25) is 19.9 Å². The molecule has 0 spiro atoms. The van der Waals surface area contributed by atoms with Gasteiger partial charge in [-0.15, -0.1) is 0 Å². The van der Waals surface area contributed by atoms with Crippen molar-refractivity contribution < 1.29 is 27.9 Å². The van der Waals surface area contributed by atoms with Gasteiger partial charge in [-0.1, -0.05) is 72.8 Å². The predicted octanol–water partition coefficient (Wildman–Crippen LogP) is 14.2. The van der Waals surface area contributed by atoms with E-state index in [0.717, 1.165) is 11.1 Å². The molecule has 0 saturated heterocycles. The van der Waals surface area contributed by atoms with E-state index < -0.39 is 0 Å². The topological polar surface area (TPSA) is 145 Å². The van der Waals surface area contributed by atoms with Crippen LogP contribution in [0.25, 0.3) is 88.3 Å². The zero-order valence-corrected chi connectivity index (χ0v) is 34.8. The Morgan fingerprint density at radius 3 is 0.734 bits per heavy atom. The van der Waals surface area contributed by atoms with Gasteiger partial charge in [0.1, 0.15) is 33.6 Å². The first kappa shape index (κ1) is 40.6. The fraction of sp³-hybridized carbons (Fsp3) is 0.0370. The molecule has 1 aromatic heterocycles. The maximum Gasteiger partial charge on any atom is 0.170 e. The van der Waals surface area contributed by atoms with Crippen LogP contribution in [0.4, 0.5) is 0 Å². The number of hydrogen-bond donors (Lipinski definition) is 2. The fourth-order valence-electron chi connectivity index (χ4n) is 6.93. The SMILES string of the molecule is Cc1cc2cnc3ccccc3oc3ccccc3oc3ccccc3ncc3cc(C)cc(cnc4ccccc4oc4ccccc4oc4ccccc4ncc(c1)c2O)c3O. The number of rotatable bonds is 0. The number of aromatic hydroxyl groups is 2. The van der Waals surface area contributed by atoms with Crippen molar-refractivity contribution in [3.8, 4) is 11.5 Å². The van der Waals surface area contributed by atoms with Crippen LogP contribution in [0.1, 0.15) is 11.1 Å². The third kappa shape index (κ3) is 9.26. The highest BCUT2D eigenvalue weighted by Gasteiger charge is 2.04. The summed E-state index contributed by atoms with van der Waals surface area (Å²) in [6, 6.07) is 51.5. The van der Waals surface area contributed by atoms with Crippen LogP contribution in [0.15, 0.2) is 212 Å². The van der Waals surface area contributed by atoms with Gasteiger partial charge >= 0.3 is 0 Å². The third-order valence-electron chi connectivity index (χ3n) is 10.0. The lowest BCUT2D eigenvalue weighted by atomic mass is 10.1. The van der Waals surface area contributed by atoms with Crippen LogP contribution in [0, 0.1) is 13.8 Å². The summed E-state index contributed by atoms with van der Waals surface area (Å²) in [6.45, 7) is 3.88. The van der Waals surface area contributed by atoms with E-state index in [0.29, 0.717) is 88.3 Å². The molecular formula is C54H40N4O6. The molecule has 0 amide bonds. The molecule has 2 N–H and O–H groups in total. The zero-order chi connectivity index (χ0) is 43.8. The van der Waals surface area contributed by atoms with Gasteiger partial charge in [0.15, 0.2) is 44.7 Å². The van der Waals surface area contributed by atoms with E-state index in [-0.39, 0.29) is 11.5 Å². The average molecular weight is 841 g/mol. The van der Waals surface area contributed by atoms with Gasteiger partial charge in [-0.25, -0.2) is 0 Å². The van der Waals surface area contributed by atoms with Crippen LogP contribution in [0.5, 0.6) is 11.5 Å². The lowest BCUT2D eigenvalue weighted by Gasteiger charge is -2.00. The molecule has 312 valence electrons.